The smallest absolute Gasteiger partial charge is 0.160 e. The van der Waals surface area contributed by atoms with E-state index in [1.54, 1.807) is 0 Å². The third-order valence-electron chi connectivity index (χ3n) is 8.25. The van der Waals surface area contributed by atoms with Gasteiger partial charge in [0.05, 0.1) is 11.2 Å². The molecule has 0 aliphatic carbocycles. The van der Waals surface area contributed by atoms with Gasteiger partial charge in [0.25, 0.3) is 0 Å². The zero-order chi connectivity index (χ0) is 29.3. The molecule has 0 saturated heterocycles. The summed E-state index contributed by atoms with van der Waals surface area (Å²) in [6.45, 7) is 0. The van der Waals surface area contributed by atoms with Crippen LogP contribution in [-0.2, 0) is 0 Å². The first-order valence-corrected chi connectivity index (χ1v) is 14.9. The highest BCUT2D eigenvalue weighted by Crippen LogP contribution is 2.36. The summed E-state index contributed by atoms with van der Waals surface area (Å²) in [6, 6.07) is 59.8. The van der Waals surface area contributed by atoms with E-state index in [9.17, 15) is 0 Å². The molecule has 0 N–H and O–H groups in total. The average Bonchev–Trinajstić information content (AvgIpc) is 3.12. The Morgan fingerprint density at radius 3 is 1.43 bits per heavy atom. The molecular weight excluding hydrogens is 532 g/mol. The molecule has 0 amide bonds. The van der Waals surface area contributed by atoms with Gasteiger partial charge in [-0.2, -0.15) is 0 Å². The molecule has 1 aromatic heterocycles. The van der Waals surface area contributed by atoms with Gasteiger partial charge in [-0.25, -0.2) is 9.97 Å². The van der Waals surface area contributed by atoms with Crippen molar-refractivity contribution in [2.45, 2.75) is 0 Å². The van der Waals surface area contributed by atoms with Crippen molar-refractivity contribution in [3.05, 3.63) is 170 Å². The van der Waals surface area contributed by atoms with E-state index in [0.29, 0.717) is 0 Å². The van der Waals surface area contributed by atoms with Crippen LogP contribution in [0.15, 0.2) is 170 Å². The Morgan fingerprint density at radius 1 is 0.318 bits per heavy atom. The van der Waals surface area contributed by atoms with Crippen LogP contribution in [0, 0.1) is 0 Å². The second-order valence-electron chi connectivity index (χ2n) is 11.1. The third-order valence-corrected chi connectivity index (χ3v) is 8.25. The van der Waals surface area contributed by atoms with Crippen LogP contribution in [0.1, 0.15) is 0 Å². The monoisotopic (exact) mass is 560 g/mol. The molecule has 2 nitrogen and oxygen atoms in total. The van der Waals surface area contributed by atoms with Crippen LogP contribution in [-0.4, -0.2) is 9.97 Å². The van der Waals surface area contributed by atoms with Gasteiger partial charge in [-0.3, -0.25) is 0 Å². The summed E-state index contributed by atoms with van der Waals surface area (Å²) in [5.41, 5.74) is 11.1. The van der Waals surface area contributed by atoms with E-state index in [1.807, 2.05) is 6.07 Å². The normalized spacial score (nSPS) is 11.2. The maximum atomic E-state index is 5.22. The number of fused-ring (bicyclic) bond motifs is 3. The molecule has 0 unspecified atom stereocenters. The summed E-state index contributed by atoms with van der Waals surface area (Å²) in [5.74, 6) is 0.722. The molecule has 8 aromatic rings. The van der Waals surface area contributed by atoms with Crippen LogP contribution in [0.3, 0.4) is 0 Å². The first-order valence-electron chi connectivity index (χ1n) is 14.9. The fraction of sp³-hybridized carbons (Fsp3) is 0. The van der Waals surface area contributed by atoms with E-state index in [4.69, 9.17) is 9.97 Å². The first kappa shape index (κ1) is 25.8. The van der Waals surface area contributed by atoms with E-state index in [-0.39, 0.29) is 0 Å². The van der Waals surface area contributed by atoms with Crippen molar-refractivity contribution in [1.82, 2.24) is 9.97 Å². The van der Waals surface area contributed by atoms with E-state index in [0.717, 1.165) is 50.1 Å². The van der Waals surface area contributed by atoms with Crippen molar-refractivity contribution in [1.29, 1.82) is 0 Å². The largest absolute Gasteiger partial charge is 0.228 e. The minimum atomic E-state index is 0.722. The summed E-state index contributed by atoms with van der Waals surface area (Å²) in [7, 11) is 0. The van der Waals surface area contributed by atoms with Crippen LogP contribution in [0.2, 0.25) is 0 Å². The molecule has 0 atom stereocenters. The quantitative estimate of drug-likeness (QED) is 0.196. The van der Waals surface area contributed by atoms with E-state index in [2.05, 4.69) is 164 Å². The van der Waals surface area contributed by atoms with Gasteiger partial charge < -0.3 is 0 Å². The number of hydrogen-bond acceptors (Lipinski definition) is 2. The van der Waals surface area contributed by atoms with Crippen LogP contribution in [0.4, 0.5) is 0 Å². The van der Waals surface area contributed by atoms with E-state index < -0.39 is 0 Å². The summed E-state index contributed by atoms with van der Waals surface area (Å²) >= 11 is 0. The van der Waals surface area contributed by atoms with E-state index in [1.165, 1.54) is 27.6 Å². The molecular formula is C42H28N2. The molecule has 0 aliphatic heterocycles. The van der Waals surface area contributed by atoms with Crippen molar-refractivity contribution in [2.75, 3.05) is 0 Å². The fourth-order valence-electron chi connectivity index (χ4n) is 6.06. The Morgan fingerprint density at radius 2 is 0.795 bits per heavy atom. The number of hydrogen-bond donors (Lipinski definition) is 0. The first-order chi connectivity index (χ1) is 21.8. The van der Waals surface area contributed by atoms with Crippen LogP contribution >= 0.6 is 0 Å². The highest BCUT2D eigenvalue weighted by Gasteiger charge is 2.15. The fourth-order valence-corrected chi connectivity index (χ4v) is 6.06. The predicted octanol–water partition coefficient (Wildman–Crippen LogP) is 11.1. The highest BCUT2D eigenvalue weighted by molar-refractivity contribution is 6.12. The molecule has 2 heteroatoms. The lowest BCUT2D eigenvalue weighted by molar-refractivity contribution is 1.23. The van der Waals surface area contributed by atoms with Crippen molar-refractivity contribution >= 4 is 21.7 Å². The molecule has 44 heavy (non-hydrogen) atoms. The highest BCUT2D eigenvalue weighted by atomic mass is 14.9. The lowest BCUT2D eigenvalue weighted by Gasteiger charge is -2.13. The number of rotatable bonds is 5. The zero-order valence-corrected chi connectivity index (χ0v) is 24.1. The maximum Gasteiger partial charge on any atom is 0.160 e. The lowest BCUT2D eigenvalue weighted by atomic mass is 9.95. The lowest BCUT2D eigenvalue weighted by Crippen LogP contribution is -1.96. The standard InChI is InChI=1S/C42H28N2/c1-3-12-29(13-4-1)32-17-9-18-33(26-32)34-19-10-20-35(27-34)36-21-11-22-37(28-36)42-43-39-25-24-30-14-7-8-23-38(30)40(39)41(44-42)31-15-5-2-6-16-31/h1-28H. The van der Waals surface area contributed by atoms with Gasteiger partial charge in [0.2, 0.25) is 0 Å². The van der Waals surface area contributed by atoms with E-state index >= 15 is 0 Å². The van der Waals surface area contributed by atoms with Crippen molar-refractivity contribution in [2.24, 2.45) is 0 Å². The molecule has 0 aliphatic rings. The molecule has 7 aromatic carbocycles. The molecule has 0 radical (unpaired) electrons. The Labute approximate surface area is 257 Å². The van der Waals surface area contributed by atoms with Crippen LogP contribution < -0.4 is 0 Å². The molecule has 206 valence electrons. The molecule has 1 heterocycles. The third kappa shape index (κ3) is 4.83. The van der Waals surface area contributed by atoms with Gasteiger partial charge in [-0.15, -0.1) is 0 Å². The average molecular weight is 561 g/mol. The minimum Gasteiger partial charge on any atom is -0.228 e. The molecule has 0 fully saturated rings. The second kappa shape index (κ2) is 11.1. The summed E-state index contributed by atoms with van der Waals surface area (Å²) in [4.78, 5) is 10.3. The molecule has 0 spiro atoms. The van der Waals surface area contributed by atoms with Crippen molar-refractivity contribution in [3.8, 4) is 56.0 Å². The van der Waals surface area contributed by atoms with Crippen LogP contribution in [0.5, 0.6) is 0 Å². The Kier molecular flexibility index (Phi) is 6.51. The van der Waals surface area contributed by atoms with Crippen LogP contribution in [0.25, 0.3) is 77.7 Å². The number of aromatic nitrogens is 2. The van der Waals surface area contributed by atoms with Crippen molar-refractivity contribution in [3.63, 3.8) is 0 Å². The Balaban J connectivity index is 1.22. The van der Waals surface area contributed by atoms with Gasteiger partial charge in [0, 0.05) is 16.5 Å². The topological polar surface area (TPSA) is 25.8 Å². The van der Waals surface area contributed by atoms with Gasteiger partial charge in [-0.1, -0.05) is 146 Å². The molecule has 0 bridgehead atoms. The van der Waals surface area contributed by atoms with Gasteiger partial charge in [0.15, 0.2) is 5.82 Å². The minimum absolute atomic E-state index is 0.722. The maximum absolute atomic E-state index is 5.22. The summed E-state index contributed by atoms with van der Waals surface area (Å²) in [6.07, 6.45) is 0. The van der Waals surface area contributed by atoms with Gasteiger partial charge >= 0.3 is 0 Å². The SMILES string of the molecule is c1ccc(-c2cccc(-c3cccc(-c4cccc(-c5nc(-c6ccccc6)c6c(ccc7ccccc76)n5)c4)c3)c2)cc1. The second-order valence-corrected chi connectivity index (χ2v) is 11.1. The Bertz CT molecular complexity index is 2270. The van der Waals surface area contributed by atoms with Gasteiger partial charge in [-0.05, 0) is 68.4 Å². The number of nitrogens with zero attached hydrogens (tertiary/aromatic N) is 2. The molecule has 0 saturated carbocycles. The van der Waals surface area contributed by atoms with Crippen molar-refractivity contribution < 1.29 is 0 Å². The Hall–Kier alpha value is -5.86. The number of benzene rings is 7. The summed E-state index contributed by atoms with van der Waals surface area (Å²) in [5, 5.41) is 3.43. The predicted molar refractivity (Wildman–Crippen MR) is 184 cm³/mol. The zero-order valence-electron chi connectivity index (χ0n) is 24.1. The molecule has 8 rings (SSSR count). The van der Waals surface area contributed by atoms with Gasteiger partial charge in [0.1, 0.15) is 0 Å². The summed E-state index contributed by atoms with van der Waals surface area (Å²) < 4.78 is 0.